The van der Waals surface area contributed by atoms with Gasteiger partial charge < -0.3 is 4.90 Å². The highest BCUT2D eigenvalue weighted by Gasteiger charge is 2.34. The minimum Gasteiger partial charge on any atom is -0.377 e. The molecule has 2 rings (SSSR count). The standard InChI is InChI=1S/C9H14N4/c1-13-6-7-2-3-8(4-7)9(13)5-11-12-10/h5,7-8H,2-4,6H2,1H3/b9-5-. The van der Waals surface area contributed by atoms with E-state index in [0.717, 1.165) is 12.5 Å². The van der Waals surface area contributed by atoms with Gasteiger partial charge in [-0.1, -0.05) is 5.11 Å². The molecule has 4 heteroatoms. The Bertz CT molecular complexity index is 277. The Labute approximate surface area is 77.9 Å². The summed E-state index contributed by atoms with van der Waals surface area (Å²) in [6, 6.07) is 0. The summed E-state index contributed by atoms with van der Waals surface area (Å²) >= 11 is 0. The Morgan fingerprint density at radius 3 is 3.23 bits per heavy atom. The Morgan fingerprint density at radius 1 is 1.62 bits per heavy atom. The first-order valence-corrected chi connectivity index (χ1v) is 4.76. The van der Waals surface area contributed by atoms with Crippen molar-refractivity contribution >= 4 is 0 Å². The molecule has 4 nitrogen and oxygen atoms in total. The third-order valence-corrected chi connectivity index (χ3v) is 3.17. The second-order valence-electron chi connectivity index (χ2n) is 4.02. The van der Waals surface area contributed by atoms with Crippen molar-refractivity contribution in [2.24, 2.45) is 17.0 Å². The Balaban J connectivity index is 2.20. The van der Waals surface area contributed by atoms with E-state index in [4.69, 9.17) is 5.53 Å². The topological polar surface area (TPSA) is 52.0 Å². The van der Waals surface area contributed by atoms with E-state index < -0.39 is 0 Å². The van der Waals surface area contributed by atoms with Crippen LogP contribution in [0.25, 0.3) is 10.4 Å². The predicted molar refractivity (Wildman–Crippen MR) is 50.7 cm³/mol. The molecule has 1 heterocycles. The van der Waals surface area contributed by atoms with E-state index in [1.807, 2.05) is 0 Å². The second-order valence-corrected chi connectivity index (χ2v) is 4.02. The molecule has 1 aliphatic carbocycles. The third-order valence-electron chi connectivity index (χ3n) is 3.17. The van der Waals surface area contributed by atoms with E-state index in [-0.39, 0.29) is 0 Å². The second kappa shape index (κ2) is 3.30. The van der Waals surface area contributed by atoms with Crippen LogP contribution in [0.1, 0.15) is 19.3 Å². The summed E-state index contributed by atoms with van der Waals surface area (Å²) < 4.78 is 0. The summed E-state index contributed by atoms with van der Waals surface area (Å²) in [5, 5.41) is 3.54. The molecule has 2 atom stereocenters. The minimum atomic E-state index is 0.647. The molecule has 1 saturated carbocycles. The van der Waals surface area contributed by atoms with E-state index in [2.05, 4.69) is 22.0 Å². The lowest BCUT2D eigenvalue weighted by atomic mass is 9.96. The van der Waals surface area contributed by atoms with Gasteiger partial charge in [0.15, 0.2) is 0 Å². The molecule has 0 aromatic rings. The zero-order valence-electron chi connectivity index (χ0n) is 7.85. The van der Waals surface area contributed by atoms with Gasteiger partial charge in [-0.2, -0.15) is 0 Å². The van der Waals surface area contributed by atoms with Crippen LogP contribution in [-0.4, -0.2) is 18.5 Å². The summed E-state index contributed by atoms with van der Waals surface area (Å²) in [4.78, 5) is 5.01. The predicted octanol–water partition coefficient (Wildman–Crippen LogP) is 2.50. The summed E-state index contributed by atoms with van der Waals surface area (Å²) in [7, 11) is 2.09. The van der Waals surface area contributed by atoms with E-state index in [9.17, 15) is 0 Å². The molecule has 0 radical (unpaired) electrons. The number of piperidine rings is 1. The number of likely N-dealkylation sites (tertiary alicyclic amines) is 1. The average Bonchev–Trinajstić information content (AvgIpc) is 2.49. The highest BCUT2D eigenvalue weighted by atomic mass is 15.2. The van der Waals surface area contributed by atoms with Gasteiger partial charge in [0.25, 0.3) is 0 Å². The fourth-order valence-corrected chi connectivity index (χ4v) is 2.60. The number of azide groups is 1. The average molecular weight is 178 g/mol. The lowest BCUT2D eigenvalue weighted by Crippen LogP contribution is -2.30. The largest absolute Gasteiger partial charge is 0.377 e. The zero-order valence-corrected chi connectivity index (χ0v) is 7.85. The summed E-state index contributed by atoms with van der Waals surface area (Å²) in [5.74, 6) is 1.52. The molecule has 2 fully saturated rings. The molecule has 0 amide bonds. The van der Waals surface area contributed by atoms with Crippen molar-refractivity contribution in [2.75, 3.05) is 13.6 Å². The Morgan fingerprint density at radius 2 is 2.46 bits per heavy atom. The van der Waals surface area contributed by atoms with Gasteiger partial charge in [-0.15, -0.1) is 0 Å². The van der Waals surface area contributed by atoms with Crippen LogP contribution in [0.4, 0.5) is 0 Å². The molecule has 0 N–H and O–H groups in total. The molecule has 2 unspecified atom stereocenters. The molecule has 0 spiro atoms. The Hall–Kier alpha value is -1.15. The van der Waals surface area contributed by atoms with Crippen molar-refractivity contribution in [1.82, 2.24) is 4.90 Å². The fraction of sp³-hybridized carbons (Fsp3) is 0.778. The normalized spacial score (nSPS) is 34.8. The molecular formula is C9H14N4. The number of hydrogen-bond acceptors (Lipinski definition) is 2. The van der Waals surface area contributed by atoms with E-state index >= 15 is 0 Å². The van der Waals surface area contributed by atoms with E-state index in [1.165, 1.54) is 25.0 Å². The van der Waals surface area contributed by atoms with Crippen molar-refractivity contribution in [1.29, 1.82) is 0 Å². The van der Waals surface area contributed by atoms with E-state index in [1.54, 1.807) is 6.20 Å². The van der Waals surface area contributed by atoms with Crippen LogP contribution >= 0.6 is 0 Å². The van der Waals surface area contributed by atoms with Gasteiger partial charge in [0, 0.05) is 30.4 Å². The van der Waals surface area contributed by atoms with Crippen molar-refractivity contribution < 1.29 is 0 Å². The molecule has 0 aromatic heterocycles. The van der Waals surface area contributed by atoms with Gasteiger partial charge in [0.05, 0.1) is 0 Å². The summed E-state index contributed by atoms with van der Waals surface area (Å²) in [6.07, 6.45) is 5.58. The molecule has 70 valence electrons. The molecule has 2 bridgehead atoms. The van der Waals surface area contributed by atoms with Crippen molar-refractivity contribution in [2.45, 2.75) is 19.3 Å². The van der Waals surface area contributed by atoms with Crippen LogP contribution in [0.5, 0.6) is 0 Å². The SMILES string of the molecule is CN1CC2CCC(C2)/C1=C/N=[N+]=[N-]. The van der Waals surface area contributed by atoms with E-state index in [0.29, 0.717) is 5.92 Å². The van der Waals surface area contributed by atoms with Gasteiger partial charge in [0.1, 0.15) is 0 Å². The zero-order chi connectivity index (χ0) is 9.26. The molecule has 13 heavy (non-hydrogen) atoms. The van der Waals surface area contributed by atoms with Crippen molar-refractivity contribution in [3.63, 3.8) is 0 Å². The molecule has 1 saturated heterocycles. The first-order valence-electron chi connectivity index (χ1n) is 4.76. The van der Waals surface area contributed by atoms with Gasteiger partial charge in [-0.05, 0) is 36.6 Å². The lowest BCUT2D eigenvalue weighted by Gasteiger charge is -2.32. The maximum absolute atomic E-state index is 8.25. The first-order chi connectivity index (χ1) is 6.31. The van der Waals surface area contributed by atoms with Crippen LogP contribution in [0.2, 0.25) is 0 Å². The monoisotopic (exact) mass is 178 g/mol. The third kappa shape index (κ3) is 1.49. The van der Waals surface area contributed by atoms with Crippen LogP contribution < -0.4 is 0 Å². The lowest BCUT2D eigenvalue weighted by molar-refractivity contribution is 0.265. The van der Waals surface area contributed by atoms with Crippen molar-refractivity contribution in [3.05, 3.63) is 22.3 Å². The van der Waals surface area contributed by atoms with Crippen molar-refractivity contribution in [3.8, 4) is 0 Å². The Kier molecular flexibility index (Phi) is 2.15. The number of fused-ring (bicyclic) bond motifs is 2. The highest BCUT2D eigenvalue weighted by Crippen LogP contribution is 2.41. The summed E-state index contributed by atoms with van der Waals surface area (Å²) in [6.45, 7) is 1.13. The maximum Gasteiger partial charge on any atom is 0.0204 e. The maximum atomic E-state index is 8.25. The first kappa shape index (κ1) is 8.45. The van der Waals surface area contributed by atoms with Crippen LogP contribution in [0.3, 0.4) is 0 Å². The number of hydrogen-bond donors (Lipinski definition) is 0. The number of nitrogens with zero attached hydrogens (tertiary/aromatic N) is 4. The van der Waals surface area contributed by atoms with Crippen LogP contribution in [0.15, 0.2) is 17.0 Å². The smallest absolute Gasteiger partial charge is 0.0204 e. The molecule has 1 aliphatic heterocycles. The van der Waals surface area contributed by atoms with Gasteiger partial charge >= 0.3 is 0 Å². The van der Waals surface area contributed by atoms with Crippen LogP contribution in [0, 0.1) is 11.8 Å². The minimum absolute atomic E-state index is 0.647. The van der Waals surface area contributed by atoms with Gasteiger partial charge in [0.2, 0.25) is 0 Å². The number of rotatable bonds is 1. The molecule has 0 aromatic carbocycles. The molecule has 2 aliphatic rings. The number of allylic oxidation sites excluding steroid dienone is 1. The molecular weight excluding hydrogens is 164 g/mol. The highest BCUT2D eigenvalue weighted by molar-refractivity contribution is 5.11. The quantitative estimate of drug-likeness (QED) is 0.346. The van der Waals surface area contributed by atoms with Gasteiger partial charge in [-0.3, -0.25) is 0 Å². The van der Waals surface area contributed by atoms with Crippen LogP contribution in [-0.2, 0) is 0 Å². The fourth-order valence-electron chi connectivity index (χ4n) is 2.60. The van der Waals surface area contributed by atoms with Gasteiger partial charge in [-0.25, -0.2) is 0 Å². The summed E-state index contributed by atoms with van der Waals surface area (Å²) in [5.41, 5.74) is 9.48.